The van der Waals surface area contributed by atoms with Gasteiger partial charge in [0.15, 0.2) is 0 Å². The molecule has 3 N–H and O–H groups in total. The van der Waals surface area contributed by atoms with Gasteiger partial charge in [-0.2, -0.15) is 0 Å². The van der Waals surface area contributed by atoms with Crippen molar-refractivity contribution >= 4 is 33.2 Å². The second kappa shape index (κ2) is 6.96. The van der Waals surface area contributed by atoms with E-state index in [1.54, 1.807) is 18.2 Å². The number of amides is 1. The average Bonchev–Trinajstić information content (AvgIpc) is 2.44. The molecule has 5 heteroatoms. The van der Waals surface area contributed by atoms with Crippen LogP contribution >= 0.6 is 15.9 Å². The first kappa shape index (κ1) is 14.4. The lowest BCUT2D eigenvalue weighted by molar-refractivity contribution is -0.116. The van der Waals surface area contributed by atoms with Crippen LogP contribution in [0.1, 0.15) is 6.42 Å². The first-order chi connectivity index (χ1) is 9.65. The molecule has 0 fully saturated rings. The van der Waals surface area contributed by atoms with E-state index in [9.17, 15) is 4.79 Å². The highest BCUT2D eigenvalue weighted by molar-refractivity contribution is 9.10. The molecule has 2 rings (SSSR count). The molecule has 1 amide bonds. The number of rotatable bonds is 5. The van der Waals surface area contributed by atoms with Crippen LogP contribution in [-0.2, 0) is 4.79 Å². The minimum absolute atomic E-state index is 0.0994. The Hall–Kier alpha value is -2.01. The molecule has 0 heterocycles. The molecule has 0 spiro atoms. The highest BCUT2D eigenvalue weighted by Gasteiger charge is 2.04. The van der Waals surface area contributed by atoms with Crippen molar-refractivity contribution in [1.29, 1.82) is 0 Å². The Bertz CT molecular complexity index is 588. The van der Waals surface area contributed by atoms with Crippen LogP contribution < -0.4 is 15.8 Å². The summed E-state index contributed by atoms with van der Waals surface area (Å²) in [6.07, 6.45) is 0.289. The third kappa shape index (κ3) is 4.28. The largest absolute Gasteiger partial charge is 0.493 e. The molecule has 0 bridgehead atoms. The summed E-state index contributed by atoms with van der Waals surface area (Å²) in [6.45, 7) is 0.339. The molecule has 0 aliphatic rings. The van der Waals surface area contributed by atoms with Gasteiger partial charge < -0.3 is 15.8 Å². The molecule has 0 radical (unpaired) electrons. The van der Waals surface area contributed by atoms with Crippen molar-refractivity contribution in [3.63, 3.8) is 0 Å². The molecule has 0 atom stereocenters. The molecular weight excluding hydrogens is 320 g/mol. The van der Waals surface area contributed by atoms with Crippen molar-refractivity contribution in [3.05, 3.63) is 53.0 Å². The molecule has 4 nitrogen and oxygen atoms in total. The number of nitrogen functional groups attached to an aromatic ring is 1. The monoisotopic (exact) mass is 334 g/mol. The van der Waals surface area contributed by atoms with Crippen molar-refractivity contribution < 1.29 is 9.53 Å². The summed E-state index contributed by atoms with van der Waals surface area (Å²) in [5, 5.41) is 2.79. The molecule has 2 aromatic rings. The number of carbonyl (C=O) groups excluding carboxylic acids is 1. The number of halogens is 1. The van der Waals surface area contributed by atoms with Crippen molar-refractivity contribution in [2.24, 2.45) is 0 Å². The fraction of sp³-hybridized carbons (Fsp3) is 0.133. The summed E-state index contributed by atoms with van der Waals surface area (Å²) in [5.41, 5.74) is 7.02. The van der Waals surface area contributed by atoms with Crippen LogP contribution in [0.25, 0.3) is 0 Å². The van der Waals surface area contributed by atoms with E-state index >= 15 is 0 Å². The molecule has 20 heavy (non-hydrogen) atoms. The van der Waals surface area contributed by atoms with E-state index in [-0.39, 0.29) is 12.3 Å². The highest BCUT2D eigenvalue weighted by Crippen LogP contribution is 2.23. The van der Waals surface area contributed by atoms with Gasteiger partial charge in [-0.15, -0.1) is 0 Å². The minimum Gasteiger partial charge on any atom is -0.493 e. The maximum absolute atomic E-state index is 11.8. The van der Waals surface area contributed by atoms with Gasteiger partial charge in [0, 0.05) is 15.8 Å². The van der Waals surface area contributed by atoms with E-state index in [1.165, 1.54) is 0 Å². The van der Waals surface area contributed by atoms with Crippen molar-refractivity contribution in [1.82, 2.24) is 0 Å². The quantitative estimate of drug-likeness (QED) is 0.823. The van der Waals surface area contributed by atoms with E-state index in [1.807, 2.05) is 30.3 Å². The standard InChI is InChI=1S/C15H15BrN2O2/c16-13-10-11(6-7-14(13)17)18-15(19)8-9-20-12-4-2-1-3-5-12/h1-7,10H,8-9,17H2,(H,18,19). The SMILES string of the molecule is Nc1ccc(NC(=O)CCOc2ccccc2)cc1Br. The van der Waals surface area contributed by atoms with Gasteiger partial charge in [-0.05, 0) is 46.3 Å². The lowest BCUT2D eigenvalue weighted by Gasteiger charge is -2.08. The Morgan fingerprint density at radius 2 is 1.95 bits per heavy atom. The summed E-state index contributed by atoms with van der Waals surface area (Å²) in [4.78, 5) is 11.8. The van der Waals surface area contributed by atoms with Crippen LogP contribution in [0.4, 0.5) is 11.4 Å². The van der Waals surface area contributed by atoms with E-state index < -0.39 is 0 Å². The van der Waals surface area contributed by atoms with Crippen molar-refractivity contribution in [2.75, 3.05) is 17.7 Å². The Labute approximate surface area is 126 Å². The first-order valence-electron chi connectivity index (χ1n) is 6.18. The Morgan fingerprint density at radius 1 is 1.20 bits per heavy atom. The van der Waals surface area contributed by atoms with Gasteiger partial charge in [0.25, 0.3) is 0 Å². The summed E-state index contributed by atoms with van der Waals surface area (Å²) >= 11 is 3.32. The number of carbonyl (C=O) groups is 1. The van der Waals surface area contributed by atoms with Crippen LogP contribution in [0.2, 0.25) is 0 Å². The molecule has 0 aromatic heterocycles. The van der Waals surface area contributed by atoms with Gasteiger partial charge in [0.05, 0.1) is 13.0 Å². The van der Waals surface area contributed by atoms with Gasteiger partial charge in [-0.1, -0.05) is 18.2 Å². The molecule has 0 saturated heterocycles. The predicted octanol–water partition coefficient (Wildman–Crippen LogP) is 3.44. The van der Waals surface area contributed by atoms with Crippen LogP contribution in [0, 0.1) is 0 Å². The highest BCUT2D eigenvalue weighted by atomic mass is 79.9. The van der Waals surface area contributed by atoms with Crippen LogP contribution in [-0.4, -0.2) is 12.5 Å². The predicted molar refractivity (Wildman–Crippen MR) is 83.7 cm³/mol. The maximum Gasteiger partial charge on any atom is 0.227 e. The van der Waals surface area contributed by atoms with Crippen LogP contribution in [0.5, 0.6) is 5.75 Å². The number of nitrogens with one attached hydrogen (secondary N) is 1. The van der Waals surface area contributed by atoms with Gasteiger partial charge in [0.1, 0.15) is 5.75 Å². The number of ether oxygens (including phenoxy) is 1. The second-order valence-electron chi connectivity index (χ2n) is 4.20. The zero-order valence-corrected chi connectivity index (χ0v) is 12.4. The minimum atomic E-state index is -0.0994. The molecule has 0 unspecified atom stereocenters. The third-order valence-corrected chi connectivity index (χ3v) is 3.31. The van der Waals surface area contributed by atoms with E-state index in [0.29, 0.717) is 18.0 Å². The smallest absolute Gasteiger partial charge is 0.227 e. The molecule has 104 valence electrons. The van der Waals surface area contributed by atoms with Gasteiger partial charge in [-0.3, -0.25) is 4.79 Å². The molecule has 0 aliphatic heterocycles. The third-order valence-electron chi connectivity index (χ3n) is 2.63. The van der Waals surface area contributed by atoms with Gasteiger partial charge in [0.2, 0.25) is 5.91 Å². The summed E-state index contributed by atoms with van der Waals surface area (Å²) in [5.74, 6) is 0.660. The summed E-state index contributed by atoms with van der Waals surface area (Å²) < 4.78 is 6.23. The fourth-order valence-electron chi connectivity index (χ4n) is 1.61. The molecule has 0 saturated carbocycles. The Kier molecular flexibility index (Phi) is 5.01. The van der Waals surface area contributed by atoms with Gasteiger partial charge in [-0.25, -0.2) is 0 Å². The normalized spacial score (nSPS) is 10.1. The molecule has 0 aliphatic carbocycles. The summed E-state index contributed by atoms with van der Waals surface area (Å²) in [6, 6.07) is 14.7. The van der Waals surface area contributed by atoms with Crippen LogP contribution in [0.3, 0.4) is 0 Å². The fourth-order valence-corrected chi connectivity index (χ4v) is 1.99. The Morgan fingerprint density at radius 3 is 2.65 bits per heavy atom. The lowest BCUT2D eigenvalue weighted by atomic mass is 10.3. The van der Waals surface area contributed by atoms with E-state index in [4.69, 9.17) is 10.5 Å². The second-order valence-corrected chi connectivity index (χ2v) is 5.05. The van der Waals surface area contributed by atoms with E-state index in [0.717, 1.165) is 10.2 Å². The van der Waals surface area contributed by atoms with Crippen molar-refractivity contribution in [2.45, 2.75) is 6.42 Å². The van der Waals surface area contributed by atoms with Gasteiger partial charge >= 0.3 is 0 Å². The van der Waals surface area contributed by atoms with E-state index in [2.05, 4.69) is 21.2 Å². The number of hydrogen-bond acceptors (Lipinski definition) is 3. The number of anilines is 2. The molecular formula is C15H15BrN2O2. The Balaban J connectivity index is 1.79. The van der Waals surface area contributed by atoms with Crippen LogP contribution in [0.15, 0.2) is 53.0 Å². The lowest BCUT2D eigenvalue weighted by Crippen LogP contribution is -2.15. The maximum atomic E-state index is 11.8. The van der Waals surface area contributed by atoms with Crippen molar-refractivity contribution in [3.8, 4) is 5.75 Å². The number of para-hydroxylation sites is 1. The number of hydrogen-bond donors (Lipinski definition) is 2. The zero-order valence-electron chi connectivity index (χ0n) is 10.8. The number of benzene rings is 2. The topological polar surface area (TPSA) is 64.3 Å². The summed E-state index contributed by atoms with van der Waals surface area (Å²) in [7, 11) is 0. The average molecular weight is 335 g/mol. The first-order valence-corrected chi connectivity index (χ1v) is 6.97. The number of nitrogens with two attached hydrogens (primary N) is 1. The zero-order chi connectivity index (χ0) is 14.4. The molecule has 2 aromatic carbocycles.